The average molecular weight is 562 g/mol. The van der Waals surface area contributed by atoms with Crippen molar-refractivity contribution in [3.63, 3.8) is 0 Å². The van der Waals surface area contributed by atoms with Crippen molar-refractivity contribution in [2.75, 3.05) is 6.61 Å². The molecule has 0 radical (unpaired) electrons. The van der Waals surface area contributed by atoms with Gasteiger partial charge in [-0.3, -0.25) is 4.79 Å². The van der Waals surface area contributed by atoms with Gasteiger partial charge in [-0.2, -0.15) is 5.10 Å². The molecule has 1 aromatic heterocycles. The predicted octanol–water partition coefficient (Wildman–Crippen LogP) is 7.24. The van der Waals surface area contributed by atoms with E-state index in [1.807, 2.05) is 37.3 Å². The normalized spacial score (nSPS) is 11.2. The molecule has 1 heterocycles. The van der Waals surface area contributed by atoms with Crippen molar-refractivity contribution in [3.05, 3.63) is 92.1 Å². The van der Waals surface area contributed by atoms with Crippen molar-refractivity contribution >= 4 is 62.2 Å². The number of hydrogen-bond acceptors (Lipinski definition) is 5. The Morgan fingerprint density at radius 3 is 2.50 bits per heavy atom. The van der Waals surface area contributed by atoms with Gasteiger partial charge >= 0.3 is 5.91 Å². The Hall–Kier alpha value is -3.00. The van der Waals surface area contributed by atoms with E-state index in [1.54, 1.807) is 30.3 Å². The molecule has 3 aromatic carbocycles. The number of halogens is 3. The molecule has 0 aliphatic heterocycles. The number of ether oxygens (including phenoxy) is 2. The molecule has 174 valence electrons. The fourth-order valence-electron chi connectivity index (χ4n) is 3.14. The van der Waals surface area contributed by atoms with E-state index in [4.69, 9.17) is 37.1 Å². The summed E-state index contributed by atoms with van der Waals surface area (Å²) in [5.41, 5.74) is 4.59. The van der Waals surface area contributed by atoms with E-state index in [2.05, 4.69) is 26.5 Å². The molecule has 0 unspecified atom stereocenters. The number of benzene rings is 3. The van der Waals surface area contributed by atoms with Crippen LogP contribution in [0.1, 0.15) is 28.6 Å². The molecule has 6 nitrogen and oxygen atoms in total. The van der Waals surface area contributed by atoms with Crippen molar-refractivity contribution in [2.45, 2.75) is 13.5 Å². The van der Waals surface area contributed by atoms with Gasteiger partial charge in [0, 0.05) is 9.86 Å². The third-order valence-corrected chi connectivity index (χ3v) is 5.81. The summed E-state index contributed by atoms with van der Waals surface area (Å²) in [6.45, 7) is 2.78. The molecule has 34 heavy (non-hydrogen) atoms. The molecule has 1 N–H and O–H groups in total. The van der Waals surface area contributed by atoms with Crippen molar-refractivity contribution in [2.24, 2.45) is 5.10 Å². The number of hydrogen-bond donors (Lipinski definition) is 1. The van der Waals surface area contributed by atoms with Crippen LogP contribution in [0.15, 0.2) is 74.7 Å². The highest BCUT2D eigenvalue weighted by Gasteiger charge is 2.13. The molecule has 0 aliphatic rings. The smallest absolute Gasteiger partial charge is 0.307 e. The van der Waals surface area contributed by atoms with E-state index in [0.29, 0.717) is 45.9 Å². The SMILES string of the molecule is CCOc1ccc2oc(C(=O)N/N=C/c3cc(Cl)c(OCc4ccc(Br)cc4)c(Cl)c3)cc2c1. The first-order valence-corrected chi connectivity index (χ1v) is 11.8. The van der Waals surface area contributed by atoms with E-state index >= 15 is 0 Å². The van der Waals surface area contributed by atoms with Crippen molar-refractivity contribution < 1.29 is 18.7 Å². The van der Waals surface area contributed by atoms with E-state index in [9.17, 15) is 4.79 Å². The third-order valence-electron chi connectivity index (χ3n) is 4.72. The van der Waals surface area contributed by atoms with Crippen LogP contribution in [0.4, 0.5) is 0 Å². The Labute approximate surface area is 214 Å². The first-order valence-electron chi connectivity index (χ1n) is 10.3. The Morgan fingerprint density at radius 1 is 1.06 bits per heavy atom. The summed E-state index contributed by atoms with van der Waals surface area (Å²) in [4.78, 5) is 12.4. The Kier molecular flexibility index (Phi) is 7.77. The largest absolute Gasteiger partial charge is 0.494 e. The van der Waals surface area contributed by atoms with Gasteiger partial charge in [0.2, 0.25) is 0 Å². The molecule has 0 atom stereocenters. The highest BCUT2D eigenvalue weighted by molar-refractivity contribution is 9.10. The van der Waals surface area contributed by atoms with Crippen LogP contribution in [0.3, 0.4) is 0 Å². The summed E-state index contributed by atoms with van der Waals surface area (Å²) in [6.07, 6.45) is 1.43. The van der Waals surface area contributed by atoms with Crippen molar-refractivity contribution in [1.82, 2.24) is 5.43 Å². The number of nitrogens with one attached hydrogen (secondary N) is 1. The van der Waals surface area contributed by atoms with Crippen LogP contribution in [0.5, 0.6) is 11.5 Å². The minimum atomic E-state index is -0.489. The van der Waals surface area contributed by atoms with Gasteiger partial charge in [0.05, 0.1) is 22.9 Å². The van der Waals surface area contributed by atoms with Crippen LogP contribution in [-0.2, 0) is 6.61 Å². The minimum absolute atomic E-state index is 0.133. The van der Waals surface area contributed by atoms with Gasteiger partial charge in [0.15, 0.2) is 11.5 Å². The molecule has 9 heteroatoms. The Morgan fingerprint density at radius 2 is 1.79 bits per heavy atom. The van der Waals surface area contributed by atoms with Gasteiger partial charge in [-0.05, 0) is 66.6 Å². The van der Waals surface area contributed by atoms with Gasteiger partial charge in [0.25, 0.3) is 0 Å². The molecular formula is C25H19BrCl2N2O4. The van der Waals surface area contributed by atoms with Gasteiger partial charge in [0.1, 0.15) is 17.9 Å². The van der Waals surface area contributed by atoms with Crippen LogP contribution in [0.2, 0.25) is 10.0 Å². The first-order chi connectivity index (χ1) is 16.4. The monoisotopic (exact) mass is 560 g/mol. The second-order valence-electron chi connectivity index (χ2n) is 7.17. The molecule has 0 aliphatic carbocycles. The minimum Gasteiger partial charge on any atom is -0.494 e. The van der Waals surface area contributed by atoms with Gasteiger partial charge in [-0.15, -0.1) is 0 Å². The summed E-state index contributed by atoms with van der Waals surface area (Å²) < 4.78 is 17.8. The standard InChI is InChI=1S/C25H19BrCl2N2O4/c1-2-32-19-7-8-22-17(11-19)12-23(34-22)25(31)30-29-13-16-9-20(27)24(21(28)10-16)33-14-15-3-5-18(26)6-4-15/h3-13H,2,14H2,1H3,(H,30,31)/b29-13+. The van der Waals surface area contributed by atoms with E-state index < -0.39 is 5.91 Å². The molecule has 0 bridgehead atoms. The molecule has 4 aromatic rings. The molecule has 4 rings (SSSR count). The van der Waals surface area contributed by atoms with Crippen molar-refractivity contribution in [3.8, 4) is 11.5 Å². The van der Waals surface area contributed by atoms with Gasteiger partial charge < -0.3 is 13.9 Å². The maximum atomic E-state index is 12.4. The lowest BCUT2D eigenvalue weighted by molar-refractivity contribution is 0.0929. The maximum absolute atomic E-state index is 12.4. The fourth-order valence-corrected chi connectivity index (χ4v) is 4.02. The van der Waals surface area contributed by atoms with Gasteiger partial charge in [-0.25, -0.2) is 5.43 Å². The number of amides is 1. The molecule has 0 fully saturated rings. The lowest BCUT2D eigenvalue weighted by Crippen LogP contribution is -2.16. The summed E-state index contributed by atoms with van der Waals surface area (Å²) in [5, 5.41) is 5.40. The lowest BCUT2D eigenvalue weighted by Gasteiger charge is -2.11. The number of carbonyl (C=O) groups excluding carboxylic acids is 1. The summed E-state index contributed by atoms with van der Waals surface area (Å²) >= 11 is 16.1. The quantitative estimate of drug-likeness (QED) is 0.182. The van der Waals surface area contributed by atoms with Crippen molar-refractivity contribution in [1.29, 1.82) is 0 Å². The number of hydrazone groups is 1. The zero-order valence-corrected chi connectivity index (χ0v) is 21.1. The number of furan rings is 1. The molecule has 0 spiro atoms. The highest BCUT2D eigenvalue weighted by Crippen LogP contribution is 2.34. The van der Waals surface area contributed by atoms with Crippen LogP contribution >= 0.6 is 39.1 Å². The third kappa shape index (κ3) is 5.91. The van der Waals surface area contributed by atoms with E-state index in [1.165, 1.54) is 6.21 Å². The lowest BCUT2D eigenvalue weighted by atomic mass is 10.2. The van der Waals surface area contributed by atoms with E-state index in [0.717, 1.165) is 15.4 Å². The number of nitrogens with zero attached hydrogens (tertiary/aromatic N) is 1. The number of carbonyl (C=O) groups is 1. The van der Waals surface area contributed by atoms with Gasteiger partial charge in [-0.1, -0.05) is 51.3 Å². The first kappa shape index (κ1) is 24.1. The van der Waals surface area contributed by atoms with E-state index in [-0.39, 0.29) is 5.76 Å². The summed E-state index contributed by atoms with van der Waals surface area (Å²) in [5.74, 6) is 0.727. The molecule has 0 saturated heterocycles. The topological polar surface area (TPSA) is 73.1 Å². The van der Waals surface area contributed by atoms with Crippen LogP contribution in [-0.4, -0.2) is 18.7 Å². The zero-order chi connectivity index (χ0) is 24.1. The predicted molar refractivity (Wildman–Crippen MR) is 137 cm³/mol. The van der Waals surface area contributed by atoms with Crippen LogP contribution in [0, 0.1) is 0 Å². The molecule has 0 saturated carbocycles. The van der Waals surface area contributed by atoms with Crippen LogP contribution in [0.25, 0.3) is 11.0 Å². The summed E-state index contributed by atoms with van der Waals surface area (Å²) in [6, 6.07) is 18.0. The second-order valence-corrected chi connectivity index (χ2v) is 8.90. The average Bonchev–Trinajstić information content (AvgIpc) is 3.23. The Bertz CT molecular complexity index is 1330. The zero-order valence-electron chi connectivity index (χ0n) is 18.0. The number of rotatable bonds is 8. The molecular weight excluding hydrogens is 543 g/mol. The fraction of sp³-hybridized carbons (Fsp3) is 0.120. The Balaban J connectivity index is 1.39. The highest BCUT2D eigenvalue weighted by atomic mass is 79.9. The number of fused-ring (bicyclic) bond motifs is 1. The maximum Gasteiger partial charge on any atom is 0.307 e. The summed E-state index contributed by atoms with van der Waals surface area (Å²) in [7, 11) is 0. The second kappa shape index (κ2) is 11.0. The van der Waals surface area contributed by atoms with Crippen LogP contribution < -0.4 is 14.9 Å². The molecule has 1 amide bonds.